The lowest BCUT2D eigenvalue weighted by molar-refractivity contribution is -0.0550. The molecule has 0 aliphatic rings. The SMILES string of the molecule is OC[C@@H](O)[C@@H](O)[C@@H](O)/C=N/OCc1ccccc1. The maximum atomic E-state index is 9.37. The third-order valence-electron chi connectivity index (χ3n) is 2.29. The van der Waals surface area contributed by atoms with Gasteiger partial charge in [-0.3, -0.25) is 0 Å². The zero-order chi connectivity index (χ0) is 13.4. The molecule has 0 bridgehead atoms. The summed E-state index contributed by atoms with van der Waals surface area (Å²) in [5.41, 5.74) is 0.917. The van der Waals surface area contributed by atoms with Gasteiger partial charge in [-0.1, -0.05) is 35.5 Å². The maximum Gasteiger partial charge on any atom is 0.142 e. The molecule has 0 saturated heterocycles. The molecular weight excluding hydrogens is 238 g/mol. The third-order valence-corrected chi connectivity index (χ3v) is 2.29. The van der Waals surface area contributed by atoms with Gasteiger partial charge in [0.2, 0.25) is 0 Å². The molecule has 1 rings (SSSR count). The summed E-state index contributed by atoms with van der Waals surface area (Å²) in [4.78, 5) is 4.91. The van der Waals surface area contributed by atoms with Crippen molar-refractivity contribution in [1.82, 2.24) is 0 Å². The number of hydrogen-bond donors (Lipinski definition) is 4. The molecule has 0 fully saturated rings. The summed E-state index contributed by atoms with van der Waals surface area (Å²) < 4.78 is 0. The summed E-state index contributed by atoms with van der Waals surface area (Å²) in [7, 11) is 0. The van der Waals surface area contributed by atoms with Crippen molar-refractivity contribution in [2.24, 2.45) is 5.16 Å². The van der Waals surface area contributed by atoms with Crippen molar-refractivity contribution in [3.63, 3.8) is 0 Å². The van der Waals surface area contributed by atoms with Crippen LogP contribution in [0.2, 0.25) is 0 Å². The smallest absolute Gasteiger partial charge is 0.142 e. The Kier molecular flexibility index (Phi) is 6.31. The Morgan fingerprint density at radius 3 is 2.44 bits per heavy atom. The molecule has 0 unspecified atom stereocenters. The molecule has 0 amide bonds. The molecule has 0 radical (unpaired) electrons. The van der Waals surface area contributed by atoms with Crippen LogP contribution in [-0.4, -0.2) is 51.6 Å². The van der Waals surface area contributed by atoms with Gasteiger partial charge in [0.05, 0.1) is 12.8 Å². The second-order valence-corrected chi connectivity index (χ2v) is 3.74. The molecule has 0 saturated carbocycles. The number of benzene rings is 1. The van der Waals surface area contributed by atoms with Crippen molar-refractivity contribution in [2.75, 3.05) is 6.61 Å². The van der Waals surface area contributed by atoms with Crippen LogP contribution in [0.3, 0.4) is 0 Å². The van der Waals surface area contributed by atoms with E-state index in [4.69, 9.17) is 15.1 Å². The van der Waals surface area contributed by atoms with Crippen LogP contribution in [0.1, 0.15) is 5.56 Å². The number of rotatable bonds is 7. The standard InChI is InChI=1S/C12H17NO5/c14-7-11(16)12(17)10(15)6-13-18-8-9-4-2-1-3-5-9/h1-6,10-12,14-17H,7-8H2/b13-6+/t10-,11+,12-/m0/s1. The van der Waals surface area contributed by atoms with Crippen LogP contribution in [0, 0.1) is 0 Å². The van der Waals surface area contributed by atoms with E-state index < -0.39 is 24.9 Å². The molecule has 6 heteroatoms. The number of aliphatic hydroxyl groups excluding tert-OH is 4. The molecular formula is C12H17NO5. The van der Waals surface area contributed by atoms with E-state index in [1.54, 1.807) is 0 Å². The summed E-state index contributed by atoms with van der Waals surface area (Å²) >= 11 is 0. The van der Waals surface area contributed by atoms with Gasteiger partial charge in [0.15, 0.2) is 0 Å². The van der Waals surface area contributed by atoms with Gasteiger partial charge in [0.25, 0.3) is 0 Å². The molecule has 0 heterocycles. The first kappa shape index (κ1) is 14.6. The lowest BCUT2D eigenvalue weighted by atomic mass is 10.1. The largest absolute Gasteiger partial charge is 0.394 e. The van der Waals surface area contributed by atoms with Crippen LogP contribution in [0.25, 0.3) is 0 Å². The lowest BCUT2D eigenvalue weighted by Crippen LogP contribution is -2.40. The highest BCUT2D eigenvalue weighted by atomic mass is 16.6. The Labute approximate surface area is 105 Å². The summed E-state index contributed by atoms with van der Waals surface area (Å²) in [5, 5.41) is 39.8. The summed E-state index contributed by atoms with van der Waals surface area (Å²) in [6.45, 7) is -0.403. The zero-order valence-electron chi connectivity index (χ0n) is 9.75. The van der Waals surface area contributed by atoms with Crippen LogP contribution < -0.4 is 0 Å². The van der Waals surface area contributed by atoms with Crippen LogP contribution in [0.15, 0.2) is 35.5 Å². The van der Waals surface area contributed by atoms with E-state index in [1.165, 1.54) is 0 Å². The Hall–Kier alpha value is -1.47. The van der Waals surface area contributed by atoms with Gasteiger partial charge in [-0.05, 0) is 5.56 Å². The van der Waals surface area contributed by atoms with Crippen molar-refractivity contribution in [1.29, 1.82) is 0 Å². The minimum Gasteiger partial charge on any atom is -0.394 e. The Balaban J connectivity index is 2.32. The number of oxime groups is 1. The van der Waals surface area contributed by atoms with Gasteiger partial charge in [-0.15, -0.1) is 0 Å². The van der Waals surface area contributed by atoms with Gasteiger partial charge in [0.1, 0.15) is 24.9 Å². The van der Waals surface area contributed by atoms with E-state index in [9.17, 15) is 10.2 Å². The van der Waals surface area contributed by atoms with Crippen LogP contribution in [0.5, 0.6) is 0 Å². The van der Waals surface area contributed by atoms with E-state index in [0.29, 0.717) is 0 Å². The fraction of sp³-hybridized carbons (Fsp3) is 0.417. The Morgan fingerprint density at radius 2 is 1.83 bits per heavy atom. The number of nitrogens with zero attached hydrogens (tertiary/aromatic N) is 1. The van der Waals surface area contributed by atoms with Gasteiger partial charge in [-0.2, -0.15) is 0 Å². The molecule has 4 N–H and O–H groups in total. The molecule has 0 aromatic heterocycles. The first-order valence-corrected chi connectivity index (χ1v) is 5.49. The highest BCUT2D eigenvalue weighted by Gasteiger charge is 2.22. The predicted molar refractivity (Wildman–Crippen MR) is 64.8 cm³/mol. The fourth-order valence-electron chi connectivity index (χ4n) is 1.22. The van der Waals surface area contributed by atoms with E-state index >= 15 is 0 Å². The van der Waals surface area contributed by atoms with E-state index in [-0.39, 0.29) is 6.61 Å². The van der Waals surface area contributed by atoms with Gasteiger partial charge >= 0.3 is 0 Å². The monoisotopic (exact) mass is 255 g/mol. The van der Waals surface area contributed by atoms with Gasteiger partial charge in [0, 0.05) is 0 Å². The quantitative estimate of drug-likeness (QED) is 0.380. The van der Waals surface area contributed by atoms with Crippen LogP contribution >= 0.6 is 0 Å². The van der Waals surface area contributed by atoms with Gasteiger partial charge in [-0.25, -0.2) is 0 Å². The molecule has 1 aromatic rings. The Morgan fingerprint density at radius 1 is 1.17 bits per heavy atom. The van der Waals surface area contributed by atoms with E-state index in [0.717, 1.165) is 11.8 Å². The molecule has 6 nitrogen and oxygen atoms in total. The van der Waals surface area contributed by atoms with E-state index in [2.05, 4.69) is 5.16 Å². The normalized spacial score (nSPS) is 16.4. The number of aliphatic hydroxyl groups is 4. The van der Waals surface area contributed by atoms with Crippen molar-refractivity contribution in [3.8, 4) is 0 Å². The first-order valence-electron chi connectivity index (χ1n) is 5.49. The van der Waals surface area contributed by atoms with Crippen LogP contribution in [-0.2, 0) is 11.4 Å². The average Bonchev–Trinajstić information content (AvgIpc) is 2.42. The zero-order valence-corrected chi connectivity index (χ0v) is 9.75. The first-order chi connectivity index (χ1) is 8.65. The molecule has 3 atom stereocenters. The molecule has 1 aromatic carbocycles. The average molecular weight is 255 g/mol. The van der Waals surface area contributed by atoms with Crippen molar-refractivity contribution >= 4 is 6.21 Å². The maximum absolute atomic E-state index is 9.37. The van der Waals surface area contributed by atoms with Crippen LogP contribution in [0.4, 0.5) is 0 Å². The van der Waals surface area contributed by atoms with Gasteiger partial charge < -0.3 is 25.3 Å². The summed E-state index contributed by atoms with van der Waals surface area (Å²) in [6.07, 6.45) is -3.35. The molecule has 0 spiro atoms. The molecule has 0 aliphatic heterocycles. The topological polar surface area (TPSA) is 103 Å². The Bertz CT molecular complexity index is 357. The van der Waals surface area contributed by atoms with E-state index in [1.807, 2.05) is 30.3 Å². The van der Waals surface area contributed by atoms with Crippen molar-refractivity contribution < 1.29 is 25.3 Å². The minimum atomic E-state index is -1.50. The predicted octanol–water partition coefficient (Wildman–Crippen LogP) is -0.736. The highest BCUT2D eigenvalue weighted by molar-refractivity contribution is 5.62. The van der Waals surface area contributed by atoms with Crippen molar-refractivity contribution in [2.45, 2.75) is 24.9 Å². The second-order valence-electron chi connectivity index (χ2n) is 3.74. The number of hydrogen-bond acceptors (Lipinski definition) is 6. The fourth-order valence-corrected chi connectivity index (χ4v) is 1.22. The molecule has 18 heavy (non-hydrogen) atoms. The minimum absolute atomic E-state index is 0.239. The third kappa shape index (κ3) is 4.80. The molecule has 0 aliphatic carbocycles. The lowest BCUT2D eigenvalue weighted by Gasteiger charge is -2.17. The summed E-state index contributed by atoms with van der Waals surface area (Å²) in [6, 6.07) is 9.31. The van der Waals surface area contributed by atoms with Crippen molar-refractivity contribution in [3.05, 3.63) is 35.9 Å². The summed E-state index contributed by atoms with van der Waals surface area (Å²) in [5.74, 6) is 0. The molecule has 100 valence electrons. The second kappa shape index (κ2) is 7.78. The highest BCUT2D eigenvalue weighted by Crippen LogP contribution is 2.01.